The lowest BCUT2D eigenvalue weighted by Gasteiger charge is -2.22. The molecule has 1 atom stereocenters. The van der Waals surface area contributed by atoms with Gasteiger partial charge in [-0.2, -0.15) is 4.31 Å². The minimum Gasteiger partial charge on any atom is -0.336 e. The Morgan fingerprint density at radius 2 is 2.25 bits per heavy atom. The number of nitrogens with zero attached hydrogens (tertiary/aromatic N) is 3. The van der Waals surface area contributed by atoms with E-state index in [2.05, 4.69) is 4.98 Å². The molecule has 3 rings (SSSR count). The normalized spacial score (nSPS) is 20.6. The quantitative estimate of drug-likeness (QED) is 0.874. The molecular weight excluding hydrogens is 294 g/mol. The van der Waals surface area contributed by atoms with Gasteiger partial charge in [-0.25, -0.2) is 13.4 Å². The van der Waals surface area contributed by atoms with E-state index in [-0.39, 0.29) is 6.04 Å². The first-order chi connectivity index (χ1) is 9.50. The van der Waals surface area contributed by atoms with Gasteiger partial charge in [0.15, 0.2) is 0 Å². The SMILES string of the molecule is Cc1cn(C)c([C@@H]2CCCN2S(=O)(=O)c2cccs2)n1. The van der Waals surface area contributed by atoms with E-state index in [1.54, 1.807) is 21.8 Å². The van der Waals surface area contributed by atoms with Crippen LogP contribution in [0.15, 0.2) is 27.9 Å². The molecule has 7 heteroatoms. The first-order valence-electron chi connectivity index (χ1n) is 6.55. The Labute approximate surface area is 122 Å². The summed E-state index contributed by atoms with van der Waals surface area (Å²) in [6.07, 6.45) is 3.64. The Hall–Kier alpha value is -1.18. The Balaban J connectivity index is 2.00. The first-order valence-corrected chi connectivity index (χ1v) is 8.87. The standard InChI is InChI=1S/C13H17N3O2S2/c1-10-9-15(2)13(14-10)11-5-3-7-16(11)20(17,18)12-6-4-8-19-12/h4,6,8-9,11H,3,5,7H2,1-2H3/t11-/m0/s1. The number of imidazole rings is 1. The van der Waals surface area contributed by atoms with Crippen LogP contribution in [0.2, 0.25) is 0 Å². The Morgan fingerprint density at radius 3 is 2.85 bits per heavy atom. The Bertz CT molecular complexity index is 704. The summed E-state index contributed by atoms with van der Waals surface area (Å²) in [6, 6.07) is 3.29. The zero-order chi connectivity index (χ0) is 14.3. The predicted molar refractivity (Wildman–Crippen MR) is 78.1 cm³/mol. The van der Waals surface area contributed by atoms with Crippen molar-refractivity contribution >= 4 is 21.4 Å². The van der Waals surface area contributed by atoms with Crippen molar-refractivity contribution in [2.24, 2.45) is 7.05 Å². The maximum atomic E-state index is 12.7. The van der Waals surface area contributed by atoms with Crippen LogP contribution in [0.25, 0.3) is 0 Å². The third kappa shape index (κ3) is 2.19. The van der Waals surface area contributed by atoms with Crippen LogP contribution in [0, 0.1) is 6.92 Å². The molecule has 0 aromatic carbocycles. The van der Waals surface area contributed by atoms with Crippen molar-refractivity contribution in [1.82, 2.24) is 13.9 Å². The fourth-order valence-electron chi connectivity index (χ4n) is 2.76. The van der Waals surface area contributed by atoms with Crippen LogP contribution in [-0.4, -0.2) is 28.8 Å². The fraction of sp³-hybridized carbons (Fsp3) is 0.462. The second-order valence-corrected chi connectivity index (χ2v) is 8.12. The van der Waals surface area contributed by atoms with E-state index in [0.717, 1.165) is 24.4 Å². The molecule has 5 nitrogen and oxygen atoms in total. The van der Waals surface area contributed by atoms with Crippen LogP contribution in [0.3, 0.4) is 0 Å². The maximum absolute atomic E-state index is 12.7. The summed E-state index contributed by atoms with van der Waals surface area (Å²) in [6.45, 7) is 2.49. The minimum atomic E-state index is -3.40. The van der Waals surface area contributed by atoms with E-state index in [1.807, 2.05) is 24.7 Å². The van der Waals surface area contributed by atoms with Crippen molar-refractivity contribution in [2.45, 2.75) is 30.0 Å². The molecule has 0 amide bonds. The smallest absolute Gasteiger partial charge is 0.253 e. The number of aromatic nitrogens is 2. The topological polar surface area (TPSA) is 55.2 Å². The van der Waals surface area contributed by atoms with Gasteiger partial charge in [0.25, 0.3) is 10.0 Å². The van der Waals surface area contributed by atoms with Gasteiger partial charge in [-0.05, 0) is 31.2 Å². The predicted octanol–water partition coefficient (Wildman–Crippen LogP) is 2.32. The van der Waals surface area contributed by atoms with Gasteiger partial charge >= 0.3 is 0 Å². The summed E-state index contributed by atoms with van der Waals surface area (Å²) in [5, 5.41) is 1.79. The number of rotatable bonds is 3. The molecule has 0 unspecified atom stereocenters. The third-order valence-electron chi connectivity index (χ3n) is 3.59. The van der Waals surface area contributed by atoms with Crippen molar-refractivity contribution in [3.8, 4) is 0 Å². The molecule has 0 aliphatic carbocycles. The zero-order valence-corrected chi connectivity index (χ0v) is 13.1. The number of thiophene rings is 1. The van der Waals surface area contributed by atoms with E-state index < -0.39 is 10.0 Å². The van der Waals surface area contributed by atoms with Gasteiger partial charge in [-0.3, -0.25) is 0 Å². The summed E-state index contributed by atoms with van der Waals surface area (Å²) >= 11 is 1.27. The Kier molecular flexibility index (Phi) is 3.43. The van der Waals surface area contributed by atoms with Gasteiger partial charge in [-0.15, -0.1) is 11.3 Å². The van der Waals surface area contributed by atoms with Gasteiger partial charge in [0, 0.05) is 19.8 Å². The molecule has 1 saturated heterocycles. The lowest BCUT2D eigenvalue weighted by atomic mass is 10.2. The average molecular weight is 311 g/mol. The lowest BCUT2D eigenvalue weighted by molar-refractivity contribution is 0.378. The summed E-state index contributed by atoms with van der Waals surface area (Å²) in [5.41, 5.74) is 0.919. The van der Waals surface area contributed by atoms with Crippen LogP contribution >= 0.6 is 11.3 Å². The minimum absolute atomic E-state index is 0.152. The van der Waals surface area contributed by atoms with Gasteiger partial charge in [-0.1, -0.05) is 6.07 Å². The maximum Gasteiger partial charge on any atom is 0.253 e. The molecule has 3 heterocycles. The molecule has 0 bridgehead atoms. The molecule has 0 spiro atoms. The molecule has 108 valence electrons. The number of hydrogen-bond donors (Lipinski definition) is 0. The van der Waals surface area contributed by atoms with E-state index >= 15 is 0 Å². The van der Waals surface area contributed by atoms with Gasteiger partial charge in [0.05, 0.1) is 11.7 Å². The molecular formula is C13H17N3O2S2. The number of aryl methyl sites for hydroxylation is 2. The van der Waals surface area contributed by atoms with Crippen LogP contribution in [-0.2, 0) is 17.1 Å². The van der Waals surface area contributed by atoms with Gasteiger partial charge in [0.2, 0.25) is 0 Å². The summed E-state index contributed by atoms with van der Waals surface area (Å²) in [7, 11) is -1.48. The largest absolute Gasteiger partial charge is 0.336 e. The van der Waals surface area contributed by atoms with E-state index in [4.69, 9.17) is 0 Å². The molecule has 0 radical (unpaired) electrons. The van der Waals surface area contributed by atoms with Crippen LogP contribution < -0.4 is 0 Å². The highest BCUT2D eigenvalue weighted by Crippen LogP contribution is 2.36. The summed E-state index contributed by atoms with van der Waals surface area (Å²) < 4.78 is 29.3. The number of sulfonamides is 1. The molecule has 20 heavy (non-hydrogen) atoms. The van der Waals surface area contributed by atoms with Crippen molar-refractivity contribution in [2.75, 3.05) is 6.54 Å². The van der Waals surface area contributed by atoms with Crippen LogP contribution in [0.4, 0.5) is 0 Å². The zero-order valence-electron chi connectivity index (χ0n) is 11.5. The lowest BCUT2D eigenvalue weighted by Crippen LogP contribution is -2.31. The molecule has 1 fully saturated rings. The van der Waals surface area contributed by atoms with Crippen LogP contribution in [0.1, 0.15) is 30.4 Å². The Morgan fingerprint density at radius 1 is 1.45 bits per heavy atom. The highest BCUT2D eigenvalue weighted by atomic mass is 32.2. The van der Waals surface area contributed by atoms with Gasteiger partial charge < -0.3 is 4.57 Å². The molecule has 2 aromatic heterocycles. The van der Waals surface area contributed by atoms with Crippen LogP contribution in [0.5, 0.6) is 0 Å². The first kappa shape index (κ1) is 13.8. The van der Waals surface area contributed by atoms with Gasteiger partial charge in [0.1, 0.15) is 10.0 Å². The second-order valence-electron chi connectivity index (χ2n) is 5.06. The van der Waals surface area contributed by atoms with Crippen molar-refractivity contribution in [1.29, 1.82) is 0 Å². The molecule has 0 saturated carbocycles. The van der Waals surface area contributed by atoms with Crippen molar-refractivity contribution < 1.29 is 8.42 Å². The van der Waals surface area contributed by atoms with E-state index in [0.29, 0.717) is 10.8 Å². The summed E-state index contributed by atoms with van der Waals surface area (Å²) in [5.74, 6) is 0.833. The van der Waals surface area contributed by atoms with E-state index in [9.17, 15) is 8.42 Å². The fourth-order valence-corrected chi connectivity index (χ4v) is 5.53. The third-order valence-corrected chi connectivity index (χ3v) is 6.87. The average Bonchev–Trinajstić information content (AvgIpc) is 3.08. The van der Waals surface area contributed by atoms with E-state index in [1.165, 1.54) is 11.3 Å². The molecule has 2 aromatic rings. The summed E-state index contributed by atoms with van der Waals surface area (Å²) in [4.78, 5) is 4.50. The molecule has 1 aliphatic rings. The van der Waals surface area contributed by atoms with Crippen molar-refractivity contribution in [3.63, 3.8) is 0 Å². The van der Waals surface area contributed by atoms with Crippen molar-refractivity contribution in [3.05, 3.63) is 35.2 Å². The highest BCUT2D eigenvalue weighted by Gasteiger charge is 2.38. The molecule has 1 aliphatic heterocycles. The number of hydrogen-bond acceptors (Lipinski definition) is 4. The highest BCUT2D eigenvalue weighted by molar-refractivity contribution is 7.91. The molecule has 0 N–H and O–H groups in total. The monoisotopic (exact) mass is 311 g/mol. The second kappa shape index (κ2) is 4.98.